The maximum atomic E-state index is 13.2. The molecule has 1 N–H and O–H groups in total. The van der Waals surface area contributed by atoms with E-state index in [0.717, 1.165) is 27.9 Å². The van der Waals surface area contributed by atoms with Gasteiger partial charge in [-0.05, 0) is 41.1 Å². The molecule has 34 heavy (non-hydrogen) atoms. The molecular formula is C22H18F3N5O3S. The molecule has 1 aromatic heterocycles. The molecule has 12 heteroatoms. The highest BCUT2D eigenvalue weighted by Crippen LogP contribution is 2.33. The van der Waals surface area contributed by atoms with Crippen LogP contribution in [0.2, 0.25) is 0 Å². The van der Waals surface area contributed by atoms with Crippen LogP contribution in [0.1, 0.15) is 5.56 Å². The number of sulfonamides is 1. The minimum Gasteiger partial charge on any atom is -0.323 e. The fourth-order valence-electron chi connectivity index (χ4n) is 3.33. The molecule has 0 unspecified atom stereocenters. The Labute approximate surface area is 192 Å². The standard InChI is InChI=1S/C22H18F3N5O3S/c1-29(34(32,33)18-8-6-15-4-2-3-5-16(15)10-18)12-21(31)28-19-11-17(22(23,24)25)7-9-20(19)30-14-26-13-27-30/h2-11,13-14H,12H2,1H3,(H,28,31). The summed E-state index contributed by atoms with van der Waals surface area (Å²) in [5, 5.41) is 7.80. The summed E-state index contributed by atoms with van der Waals surface area (Å²) in [7, 11) is -2.82. The Hall–Kier alpha value is -3.77. The second-order valence-corrected chi connectivity index (χ2v) is 9.43. The normalized spacial score (nSPS) is 12.3. The number of benzene rings is 3. The number of fused-ring (bicyclic) bond motifs is 1. The van der Waals surface area contributed by atoms with E-state index in [0.29, 0.717) is 5.39 Å². The lowest BCUT2D eigenvalue weighted by Crippen LogP contribution is -2.35. The van der Waals surface area contributed by atoms with Crippen LogP contribution in [0.25, 0.3) is 16.5 Å². The molecule has 8 nitrogen and oxygen atoms in total. The predicted molar refractivity (Wildman–Crippen MR) is 119 cm³/mol. The van der Waals surface area contributed by atoms with Crippen molar-refractivity contribution >= 4 is 32.4 Å². The van der Waals surface area contributed by atoms with Crippen LogP contribution in [-0.2, 0) is 21.0 Å². The van der Waals surface area contributed by atoms with E-state index in [1.807, 2.05) is 12.1 Å². The zero-order valence-corrected chi connectivity index (χ0v) is 18.5. The third kappa shape index (κ3) is 4.77. The van der Waals surface area contributed by atoms with Crippen LogP contribution in [-0.4, -0.2) is 47.0 Å². The number of nitrogens with one attached hydrogen (secondary N) is 1. The molecule has 0 fully saturated rings. The first-order chi connectivity index (χ1) is 16.1. The second kappa shape index (κ2) is 8.88. The van der Waals surface area contributed by atoms with Gasteiger partial charge in [-0.1, -0.05) is 30.3 Å². The topological polar surface area (TPSA) is 97.2 Å². The molecule has 4 rings (SSSR count). The molecule has 0 saturated heterocycles. The monoisotopic (exact) mass is 489 g/mol. The van der Waals surface area contributed by atoms with Crippen molar-refractivity contribution in [1.82, 2.24) is 19.1 Å². The number of aromatic nitrogens is 3. The summed E-state index contributed by atoms with van der Waals surface area (Å²) in [6, 6.07) is 14.5. The number of nitrogens with zero attached hydrogens (tertiary/aromatic N) is 4. The van der Waals surface area contributed by atoms with Gasteiger partial charge in [-0.25, -0.2) is 18.1 Å². The van der Waals surface area contributed by atoms with Gasteiger partial charge in [-0.2, -0.15) is 22.6 Å². The Morgan fingerprint density at radius 1 is 1.06 bits per heavy atom. The summed E-state index contributed by atoms with van der Waals surface area (Å²) in [5.74, 6) is -0.826. The number of likely N-dealkylation sites (N-methyl/N-ethyl adjacent to an activating group) is 1. The van der Waals surface area contributed by atoms with E-state index in [2.05, 4.69) is 15.4 Å². The predicted octanol–water partition coefficient (Wildman–Crippen LogP) is 3.70. The zero-order chi connectivity index (χ0) is 24.5. The van der Waals surface area contributed by atoms with E-state index < -0.39 is 34.2 Å². The number of rotatable bonds is 6. The van der Waals surface area contributed by atoms with Crippen molar-refractivity contribution in [3.8, 4) is 5.69 Å². The van der Waals surface area contributed by atoms with E-state index >= 15 is 0 Å². The molecule has 0 aliphatic rings. The van der Waals surface area contributed by atoms with Crippen molar-refractivity contribution in [3.05, 3.63) is 78.9 Å². The van der Waals surface area contributed by atoms with Crippen LogP contribution >= 0.6 is 0 Å². The third-order valence-electron chi connectivity index (χ3n) is 5.06. The Morgan fingerprint density at radius 2 is 1.79 bits per heavy atom. The van der Waals surface area contributed by atoms with Crippen molar-refractivity contribution in [2.45, 2.75) is 11.1 Å². The molecule has 0 atom stereocenters. The number of carbonyl (C=O) groups excluding carboxylic acids is 1. The molecule has 4 aromatic rings. The highest BCUT2D eigenvalue weighted by molar-refractivity contribution is 7.89. The average Bonchev–Trinajstić information content (AvgIpc) is 3.32. The van der Waals surface area contributed by atoms with Crippen molar-refractivity contribution in [1.29, 1.82) is 0 Å². The van der Waals surface area contributed by atoms with Gasteiger partial charge in [-0.3, -0.25) is 4.79 Å². The fourth-order valence-corrected chi connectivity index (χ4v) is 4.49. The van der Waals surface area contributed by atoms with Gasteiger partial charge < -0.3 is 5.32 Å². The van der Waals surface area contributed by atoms with Crippen LogP contribution in [0.4, 0.5) is 18.9 Å². The SMILES string of the molecule is CN(CC(=O)Nc1cc(C(F)(F)F)ccc1-n1cncn1)S(=O)(=O)c1ccc2ccccc2c1. The third-order valence-corrected chi connectivity index (χ3v) is 6.86. The molecule has 0 aliphatic heterocycles. The molecule has 0 saturated carbocycles. The minimum atomic E-state index is -4.64. The van der Waals surface area contributed by atoms with Crippen LogP contribution in [0.15, 0.2) is 78.2 Å². The molecule has 0 bridgehead atoms. The molecule has 0 radical (unpaired) electrons. The first-order valence-corrected chi connectivity index (χ1v) is 11.3. The largest absolute Gasteiger partial charge is 0.416 e. The maximum Gasteiger partial charge on any atom is 0.416 e. The van der Waals surface area contributed by atoms with E-state index in [9.17, 15) is 26.4 Å². The Balaban J connectivity index is 1.58. The second-order valence-electron chi connectivity index (χ2n) is 7.39. The molecular weight excluding hydrogens is 471 g/mol. The molecule has 0 aliphatic carbocycles. The van der Waals surface area contributed by atoms with Crippen molar-refractivity contribution < 1.29 is 26.4 Å². The first kappa shape index (κ1) is 23.4. The summed E-state index contributed by atoms with van der Waals surface area (Å²) in [5.41, 5.74) is -1.04. The molecule has 1 amide bonds. The number of amides is 1. The smallest absolute Gasteiger partial charge is 0.323 e. The van der Waals surface area contributed by atoms with Crippen molar-refractivity contribution in [2.75, 3.05) is 18.9 Å². The van der Waals surface area contributed by atoms with Gasteiger partial charge in [0.2, 0.25) is 15.9 Å². The molecule has 3 aromatic carbocycles. The van der Waals surface area contributed by atoms with Gasteiger partial charge in [0.15, 0.2) is 0 Å². The number of hydrogen-bond donors (Lipinski definition) is 1. The molecule has 0 spiro atoms. The average molecular weight is 489 g/mol. The first-order valence-electron chi connectivity index (χ1n) is 9.87. The Bertz CT molecular complexity index is 1450. The van der Waals surface area contributed by atoms with E-state index in [1.54, 1.807) is 18.2 Å². The molecule has 176 valence electrons. The Morgan fingerprint density at radius 3 is 2.47 bits per heavy atom. The highest BCUT2D eigenvalue weighted by Gasteiger charge is 2.32. The van der Waals surface area contributed by atoms with Crippen molar-refractivity contribution in [2.24, 2.45) is 0 Å². The number of anilines is 1. The van der Waals surface area contributed by atoms with Crippen LogP contribution < -0.4 is 5.32 Å². The quantitative estimate of drug-likeness (QED) is 0.446. The number of carbonyl (C=O) groups is 1. The number of alkyl halides is 3. The maximum absolute atomic E-state index is 13.2. The van der Waals surface area contributed by atoms with Gasteiger partial charge in [0.25, 0.3) is 0 Å². The molecule has 1 heterocycles. The van der Waals surface area contributed by atoms with Gasteiger partial charge in [0.05, 0.1) is 28.4 Å². The van der Waals surface area contributed by atoms with E-state index in [1.165, 1.54) is 36.5 Å². The summed E-state index contributed by atoms with van der Waals surface area (Å²) < 4.78 is 67.6. The van der Waals surface area contributed by atoms with Gasteiger partial charge in [-0.15, -0.1) is 0 Å². The summed E-state index contributed by atoms with van der Waals surface area (Å²) >= 11 is 0. The van der Waals surface area contributed by atoms with Gasteiger partial charge in [0.1, 0.15) is 12.7 Å². The van der Waals surface area contributed by atoms with Crippen molar-refractivity contribution in [3.63, 3.8) is 0 Å². The van der Waals surface area contributed by atoms with Gasteiger partial charge in [0, 0.05) is 7.05 Å². The highest BCUT2D eigenvalue weighted by atomic mass is 32.2. The lowest BCUT2D eigenvalue weighted by Gasteiger charge is -2.19. The Kier molecular flexibility index (Phi) is 6.11. The van der Waals surface area contributed by atoms with Crippen LogP contribution in [0.5, 0.6) is 0 Å². The minimum absolute atomic E-state index is 0.0103. The summed E-state index contributed by atoms with van der Waals surface area (Å²) in [6.45, 7) is -0.623. The fraction of sp³-hybridized carbons (Fsp3) is 0.136. The van der Waals surface area contributed by atoms with Gasteiger partial charge >= 0.3 is 6.18 Å². The zero-order valence-electron chi connectivity index (χ0n) is 17.7. The van der Waals surface area contributed by atoms with Crippen LogP contribution in [0.3, 0.4) is 0 Å². The summed E-state index contributed by atoms with van der Waals surface area (Å²) in [4.78, 5) is 16.4. The van der Waals surface area contributed by atoms with E-state index in [-0.39, 0.29) is 16.3 Å². The lowest BCUT2D eigenvalue weighted by molar-refractivity contribution is -0.137. The number of hydrogen-bond acceptors (Lipinski definition) is 5. The summed E-state index contributed by atoms with van der Waals surface area (Å²) in [6.07, 6.45) is -2.20. The van der Waals surface area contributed by atoms with E-state index in [4.69, 9.17) is 0 Å². The lowest BCUT2D eigenvalue weighted by atomic mass is 10.1. The van der Waals surface area contributed by atoms with Crippen LogP contribution in [0, 0.1) is 0 Å². The number of halogens is 3.